The number of rotatable bonds is 1. The molecule has 0 aromatic heterocycles. The Morgan fingerprint density at radius 1 is 1.39 bits per heavy atom. The number of hydrogen-bond donors (Lipinski definition) is 1. The molecular formula is C15H19NO2. The summed E-state index contributed by atoms with van der Waals surface area (Å²) >= 11 is 0. The van der Waals surface area contributed by atoms with Crippen molar-refractivity contribution in [3.05, 3.63) is 29.8 Å². The van der Waals surface area contributed by atoms with E-state index in [-0.39, 0.29) is 11.4 Å². The molecule has 0 spiro atoms. The van der Waals surface area contributed by atoms with E-state index in [4.69, 9.17) is 4.74 Å². The number of nitrogens with one attached hydrogen (secondary N) is 1. The van der Waals surface area contributed by atoms with Crippen LogP contribution in [0, 0.1) is 5.92 Å². The number of fused-ring (bicyclic) bond motifs is 3. The molecule has 1 fully saturated rings. The van der Waals surface area contributed by atoms with E-state index in [1.54, 1.807) is 6.92 Å². The van der Waals surface area contributed by atoms with Crippen LogP contribution in [-0.2, 0) is 10.3 Å². The van der Waals surface area contributed by atoms with Crippen LogP contribution in [0.25, 0.3) is 0 Å². The highest BCUT2D eigenvalue weighted by molar-refractivity contribution is 5.74. The highest BCUT2D eigenvalue weighted by Gasteiger charge is 2.47. The van der Waals surface area contributed by atoms with E-state index >= 15 is 0 Å². The number of para-hydroxylation sites is 1. The van der Waals surface area contributed by atoms with Crippen molar-refractivity contribution in [2.45, 2.75) is 38.1 Å². The second-order valence-corrected chi connectivity index (χ2v) is 5.40. The number of hydrogen-bond acceptors (Lipinski definition) is 2. The Labute approximate surface area is 108 Å². The van der Waals surface area contributed by atoms with Gasteiger partial charge in [-0.3, -0.25) is 4.79 Å². The molecule has 1 aliphatic carbocycles. The second-order valence-electron chi connectivity index (χ2n) is 5.40. The molecule has 18 heavy (non-hydrogen) atoms. The average Bonchev–Trinajstić information content (AvgIpc) is 2.38. The van der Waals surface area contributed by atoms with Crippen LogP contribution in [0.1, 0.15) is 38.2 Å². The Balaban J connectivity index is 2.09. The van der Waals surface area contributed by atoms with Gasteiger partial charge in [0.1, 0.15) is 5.75 Å². The third-order valence-electron chi connectivity index (χ3n) is 4.28. The zero-order chi connectivity index (χ0) is 12.6. The monoisotopic (exact) mass is 245 g/mol. The van der Waals surface area contributed by atoms with Gasteiger partial charge in [-0.15, -0.1) is 0 Å². The summed E-state index contributed by atoms with van der Waals surface area (Å²) in [7, 11) is 0. The molecule has 1 aromatic carbocycles. The molecule has 0 bridgehead atoms. The molecule has 96 valence electrons. The van der Waals surface area contributed by atoms with Crippen LogP contribution in [0.4, 0.5) is 0 Å². The van der Waals surface area contributed by atoms with Crippen molar-refractivity contribution in [2.24, 2.45) is 5.92 Å². The Morgan fingerprint density at radius 2 is 2.22 bits per heavy atom. The maximum absolute atomic E-state index is 11.6. The lowest BCUT2D eigenvalue weighted by molar-refractivity contribution is -0.123. The second kappa shape index (κ2) is 4.30. The van der Waals surface area contributed by atoms with E-state index in [1.165, 1.54) is 12.8 Å². The number of carbonyl (C=O) groups excluding carboxylic acids is 1. The van der Waals surface area contributed by atoms with Gasteiger partial charge >= 0.3 is 0 Å². The lowest BCUT2D eigenvalue weighted by atomic mass is 9.67. The Bertz CT molecular complexity index is 471. The average molecular weight is 245 g/mol. The molecule has 2 atom stereocenters. The van der Waals surface area contributed by atoms with Gasteiger partial charge in [0.2, 0.25) is 5.91 Å². The first kappa shape index (κ1) is 11.6. The smallest absolute Gasteiger partial charge is 0.217 e. The predicted molar refractivity (Wildman–Crippen MR) is 69.4 cm³/mol. The van der Waals surface area contributed by atoms with Crippen LogP contribution >= 0.6 is 0 Å². The van der Waals surface area contributed by atoms with Gasteiger partial charge in [0, 0.05) is 18.4 Å². The zero-order valence-electron chi connectivity index (χ0n) is 10.7. The first-order valence-electron chi connectivity index (χ1n) is 6.73. The summed E-state index contributed by atoms with van der Waals surface area (Å²) in [5, 5.41) is 3.23. The van der Waals surface area contributed by atoms with Crippen LogP contribution in [0.5, 0.6) is 5.75 Å². The minimum absolute atomic E-state index is 0.0543. The van der Waals surface area contributed by atoms with Crippen molar-refractivity contribution in [3.8, 4) is 5.75 Å². The van der Waals surface area contributed by atoms with Gasteiger partial charge in [-0.2, -0.15) is 0 Å². The highest BCUT2D eigenvalue weighted by atomic mass is 16.5. The Hall–Kier alpha value is -1.51. The van der Waals surface area contributed by atoms with Gasteiger partial charge in [0.05, 0.1) is 12.1 Å². The van der Waals surface area contributed by atoms with Crippen LogP contribution in [0.15, 0.2) is 24.3 Å². The fraction of sp³-hybridized carbons (Fsp3) is 0.533. The van der Waals surface area contributed by atoms with Gasteiger partial charge in [-0.1, -0.05) is 31.0 Å². The molecule has 1 heterocycles. The number of carbonyl (C=O) groups is 1. The van der Waals surface area contributed by atoms with Crippen LogP contribution in [0.2, 0.25) is 0 Å². The number of benzene rings is 1. The molecule has 2 aliphatic rings. The molecule has 3 nitrogen and oxygen atoms in total. The van der Waals surface area contributed by atoms with E-state index < -0.39 is 0 Å². The third kappa shape index (κ3) is 1.69. The van der Waals surface area contributed by atoms with E-state index in [0.717, 1.165) is 30.8 Å². The fourth-order valence-corrected chi connectivity index (χ4v) is 3.52. The van der Waals surface area contributed by atoms with E-state index in [9.17, 15) is 4.79 Å². The molecule has 3 heteroatoms. The standard InChI is InChI=1S/C15H19NO2/c1-11(17)16-15-9-5-4-6-12(15)10-18-14-8-3-2-7-13(14)15/h2-3,7-8,12H,4-6,9-10H2,1H3,(H,16,17). The summed E-state index contributed by atoms with van der Waals surface area (Å²) in [5.74, 6) is 1.40. The normalized spacial score (nSPS) is 29.7. The Kier molecular flexibility index (Phi) is 2.77. The molecule has 1 aliphatic heterocycles. The van der Waals surface area contributed by atoms with Crippen LogP contribution in [-0.4, -0.2) is 12.5 Å². The molecule has 1 N–H and O–H groups in total. The zero-order valence-corrected chi connectivity index (χ0v) is 10.7. The minimum Gasteiger partial charge on any atom is -0.493 e. The Morgan fingerprint density at radius 3 is 3.06 bits per heavy atom. The number of amides is 1. The van der Waals surface area contributed by atoms with Crippen LogP contribution in [0.3, 0.4) is 0 Å². The third-order valence-corrected chi connectivity index (χ3v) is 4.28. The first-order chi connectivity index (χ1) is 8.72. The van der Waals surface area contributed by atoms with Crippen molar-refractivity contribution in [2.75, 3.05) is 6.61 Å². The maximum Gasteiger partial charge on any atom is 0.217 e. The van der Waals surface area contributed by atoms with Crippen molar-refractivity contribution in [3.63, 3.8) is 0 Å². The highest BCUT2D eigenvalue weighted by Crippen LogP contribution is 2.48. The van der Waals surface area contributed by atoms with Gasteiger partial charge in [-0.05, 0) is 18.9 Å². The molecule has 0 saturated heterocycles. The topological polar surface area (TPSA) is 38.3 Å². The van der Waals surface area contributed by atoms with E-state index in [1.807, 2.05) is 18.2 Å². The van der Waals surface area contributed by atoms with Crippen molar-refractivity contribution < 1.29 is 9.53 Å². The summed E-state index contributed by atoms with van der Waals surface area (Å²) in [6.07, 6.45) is 4.56. The van der Waals surface area contributed by atoms with Crippen LogP contribution < -0.4 is 10.1 Å². The molecule has 1 aromatic rings. The first-order valence-corrected chi connectivity index (χ1v) is 6.73. The van der Waals surface area contributed by atoms with E-state index in [0.29, 0.717) is 5.92 Å². The van der Waals surface area contributed by atoms with Gasteiger partial charge in [-0.25, -0.2) is 0 Å². The number of ether oxygens (including phenoxy) is 1. The van der Waals surface area contributed by atoms with Crippen molar-refractivity contribution in [1.29, 1.82) is 0 Å². The summed E-state index contributed by atoms with van der Waals surface area (Å²) < 4.78 is 5.85. The molecule has 3 rings (SSSR count). The lowest BCUT2D eigenvalue weighted by Crippen LogP contribution is -2.55. The quantitative estimate of drug-likeness (QED) is 0.826. The van der Waals surface area contributed by atoms with Crippen molar-refractivity contribution in [1.82, 2.24) is 5.32 Å². The summed E-state index contributed by atoms with van der Waals surface area (Å²) in [5.41, 5.74) is 0.968. The molecule has 1 amide bonds. The summed E-state index contributed by atoms with van der Waals surface area (Å²) in [6.45, 7) is 2.33. The van der Waals surface area contributed by atoms with Gasteiger partial charge in [0.15, 0.2) is 0 Å². The SMILES string of the molecule is CC(=O)NC12CCCCC1COc1ccccc12. The molecule has 1 saturated carbocycles. The molecule has 2 unspecified atom stereocenters. The fourth-order valence-electron chi connectivity index (χ4n) is 3.52. The van der Waals surface area contributed by atoms with E-state index in [2.05, 4.69) is 11.4 Å². The van der Waals surface area contributed by atoms with Gasteiger partial charge in [0.25, 0.3) is 0 Å². The molecule has 0 radical (unpaired) electrons. The largest absolute Gasteiger partial charge is 0.493 e. The van der Waals surface area contributed by atoms with Gasteiger partial charge < -0.3 is 10.1 Å². The predicted octanol–water partition coefficient (Wildman–Crippen LogP) is 2.60. The maximum atomic E-state index is 11.6. The molecular weight excluding hydrogens is 226 g/mol. The minimum atomic E-state index is -0.196. The lowest BCUT2D eigenvalue weighted by Gasteiger charge is -2.48. The van der Waals surface area contributed by atoms with Crippen molar-refractivity contribution >= 4 is 5.91 Å². The summed E-state index contributed by atoms with van der Waals surface area (Å²) in [6, 6.07) is 8.12. The summed E-state index contributed by atoms with van der Waals surface area (Å²) in [4.78, 5) is 11.6.